The fourth-order valence-corrected chi connectivity index (χ4v) is 3.89. The van der Waals surface area contributed by atoms with E-state index in [0.717, 1.165) is 16.8 Å². The highest BCUT2D eigenvalue weighted by molar-refractivity contribution is 5.91. The Morgan fingerprint density at radius 1 is 1.13 bits per heavy atom. The van der Waals surface area contributed by atoms with Crippen LogP contribution in [-0.2, 0) is 25.3 Å². The zero-order valence-electron chi connectivity index (χ0n) is 15.4. The summed E-state index contributed by atoms with van der Waals surface area (Å²) in [6.45, 7) is 0.154. The number of carboxylic acid groups (broad SMARTS) is 1. The summed E-state index contributed by atoms with van der Waals surface area (Å²) in [4.78, 5) is 11.5. The number of hydrogen-bond donors (Lipinski definition) is 1. The minimum absolute atomic E-state index is 0.0173. The molecule has 4 nitrogen and oxygen atoms in total. The topological polar surface area (TPSA) is 55.1 Å². The van der Waals surface area contributed by atoms with Gasteiger partial charge in [0, 0.05) is 12.5 Å². The van der Waals surface area contributed by atoms with E-state index < -0.39 is 46.9 Å². The predicted octanol–water partition coefficient (Wildman–Crippen LogP) is 5.66. The van der Waals surface area contributed by atoms with Gasteiger partial charge in [-0.05, 0) is 55.9 Å². The summed E-state index contributed by atoms with van der Waals surface area (Å²) >= 11 is 0. The second kappa shape index (κ2) is 7.92. The van der Waals surface area contributed by atoms with Gasteiger partial charge in [0.15, 0.2) is 5.69 Å². The summed E-state index contributed by atoms with van der Waals surface area (Å²) in [5.41, 5.74) is -3.34. The van der Waals surface area contributed by atoms with Crippen molar-refractivity contribution in [3.63, 3.8) is 0 Å². The van der Waals surface area contributed by atoms with Crippen molar-refractivity contribution in [1.29, 1.82) is 0 Å². The van der Waals surface area contributed by atoms with Crippen LogP contribution in [0, 0.1) is 5.82 Å². The molecule has 0 spiro atoms. The Morgan fingerprint density at radius 3 is 2.43 bits per heavy atom. The van der Waals surface area contributed by atoms with Gasteiger partial charge in [0.2, 0.25) is 0 Å². The standard InChI is InChI=1S/C19H17F7N2O2/c20-13-8-10(7-12(9-13)18(21,22)23)3-1-4-11-5-2-6-28-15(11)14(17(29)30)16(27-28)19(24,25)26/h7-9,11H,1-6H2,(H,29,30). The number of halogens is 7. The highest BCUT2D eigenvalue weighted by Crippen LogP contribution is 2.40. The highest BCUT2D eigenvalue weighted by Gasteiger charge is 2.43. The van der Waals surface area contributed by atoms with Crippen LogP contribution < -0.4 is 0 Å². The number of aromatic nitrogens is 2. The Balaban J connectivity index is 1.80. The average Bonchev–Trinajstić information content (AvgIpc) is 3.01. The number of aromatic carboxylic acids is 1. The number of nitrogens with zero attached hydrogens (tertiary/aromatic N) is 2. The molecule has 0 radical (unpaired) electrons. The molecule has 1 aliphatic heterocycles. The molecule has 0 aliphatic carbocycles. The molecule has 3 rings (SSSR count). The molecule has 1 N–H and O–H groups in total. The third kappa shape index (κ3) is 4.59. The number of rotatable bonds is 5. The van der Waals surface area contributed by atoms with Crippen molar-refractivity contribution >= 4 is 5.97 Å². The molecule has 1 aromatic carbocycles. The first-order chi connectivity index (χ1) is 13.9. The Hall–Kier alpha value is -2.59. The molecule has 164 valence electrons. The van der Waals surface area contributed by atoms with Gasteiger partial charge in [-0.1, -0.05) is 0 Å². The monoisotopic (exact) mass is 438 g/mol. The summed E-state index contributed by atoms with van der Waals surface area (Å²) in [7, 11) is 0. The van der Waals surface area contributed by atoms with Crippen LogP contribution >= 0.6 is 0 Å². The molecular formula is C19H17F7N2O2. The molecule has 0 amide bonds. The van der Waals surface area contributed by atoms with Gasteiger partial charge in [-0.25, -0.2) is 9.18 Å². The number of fused-ring (bicyclic) bond motifs is 1. The third-order valence-electron chi connectivity index (χ3n) is 5.09. The van der Waals surface area contributed by atoms with E-state index in [9.17, 15) is 40.6 Å². The van der Waals surface area contributed by atoms with Crippen molar-refractivity contribution in [2.75, 3.05) is 0 Å². The summed E-state index contributed by atoms with van der Waals surface area (Å²) in [5.74, 6) is -3.29. The van der Waals surface area contributed by atoms with Crippen LogP contribution in [0.1, 0.15) is 64.5 Å². The lowest BCUT2D eigenvalue weighted by molar-refractivity contribution is -0.142. The van der Waals surface area contributed by atoms with Crippen molar-refractivity contribution in [3.05, 3.63) is 52.1 Å². The van der Waals surface area contributed by atoms with Gasteiger partial charge in [-0.15, -0.1) is 0 Å². The molecule has 11 heteroatoms. The maximum Gasteiger partial charge on any atom is 0.436 e. The van der Waals surface area contributed by atoms with Crippen LogP contribution in [0.3, 0.4) is 0 Å². The van der Waals surface area contributed by atoms with Crippen molar-refractivity contribution in [2.45, 2.75) is 56.9 Å². The number of hydrogen-bond acceptors (Lipinski definition) is 2. The molecule has 0 fully saturated rings. The lowest BCUT2D eigenvalue weighted by Gasteiger charge is -2.24. The van der Waals surface area contributed by atoms with E-state index in [0.29, 0.717) is 18.9 Å². The predicted molar refractivity (Wildman–Crippen MR) is 90.5 cm³/mol. The summed E-state index contributed by atoms with van der Waals surface area (Å²) in [6, 6.07) is 2.20. The first kappa shape index (κ1) is 22.1. The summed E-state index contributed by atoms with van der Waals surface area (Å²) < 4.78 is 92.6. The second-order valence-electron chi connectivity index (χ2n) is 7.21. The smallest absolute Gasteiger partial charge is 0.436 e. The fraction of sp³-hybridized carbons (Fsp3) is 0.474. The van der Waals surface area contributed by atoms with E-state index in [1.54, 1.807) is 0 Å². The highest BCUT2D eigenvalue weighted by atomic mass is 19.4. The Bertz CT molecular complexity index is 948. The van der Waals surface area contributed by atoms with Gasteiger partial charge in [0.1, 0.15) is 11.4 Å². The quantitative estimate of drug-likeness (QED) is 0.613. The van der Waals surface area contributed by atoms with E-state index >= 15 is 0 Å². The molecule has 0 bridgehead atoms. The number of carbonyl (C=O) groups is 1. The van der Waals surface area contributed by atoms with Crippen molar-refractivity contribution in [2.24, 2.45) is 0 Å². The van der Waals surface area contributed by atoms with Crippen molar-refractivity contribution in [3.8, 4) is 0 Å². The first-order valence-electron chi connectivity index (χ1n) is 9.15. The molecule has 0 saturated carbocycles. The maximum atomic E-state index is 13.5. The van der Waals surface area contributed by atoms with Gasteiger partial charge in [-0.3, -0.25) is 4.68 Å². The molecule has 1 aromatic heterocycles. The zero-order chi connectivity index (χ0) is 22.3. The maximum absolute atomic E-state index is 13.5. The van der Waals surface area contributed by atoms with E-state index in [2.05, 4.69) is 5.10 Å². The normalized spacial score (nSPS) is 17.1. The van der Waals surface area contributed by atoms with Gasteiger partial charge < -0.3 is 5.11 Å². The molecule has 1 atom stereocenters. The van der Waals surface area contributed by atoms with Crippen LogP contribution in [0.5, 0.6) is 0 Å². The minimum atomic E-state index is -4.92. The van der Waals surface area contributed by atoms with Gasteiger partial charge >= 0.3 is 18.3 Å². The molecule has 1 unspecified atom stereocenters. The fourth-order valence-electron chi connectivity index (χ4n) is 3.89. The SMILES string of the molecule is O=C(O)c1c(C(F)(F)F)nn2c1C(CCCc1cc(F)cc(C(F)(F)F)c1)CCC2. The number of alkyl halides is 6. The van der Waals surface area contributed by atoms with E-state index in [-0.39, 0.29) is 37.1 Å². The summed E-state index contributed by atoms with van der Waals surface area (Å²) in [5, 5.41) is 12.8. The van der Waals surface area contributed by atoms with E-state index in [1.807, 2.05) is 0 Å². The Morgan fingerprint density at radius 2 is 1.83 bits per heavy atom. The molecular weight excluding hydrogens is 421 g/mol. The van der Waals surface area contributed by atoms with Gasteiger partial charge in [0.25, 0.3) is 0 Å². The van der Waals surface area contributed by atoms with Crippen LogP contribution in [0.4, 0.5) is 30.7 Å². The third-order valence-corrected chi connectivity index (χ3v) is 5.09. The van der Waals surface area contributed by atoms with Crippen molar-refractivity contribution < 1.29 is 40.6 Å². The lowest BCUT2D eigenvalue weighted by Crippen LogP contribution is -2.19. The van der Waals surface area contributed by atoms with Crippen LogP contribution in [-0.4, -0.2) is 20.9 Å². The van der Waals surface area contributed by atoms with Gasteiger partial charge in [-0.2, -0.15) is 31.4 Å². The van der Waals surface area contributed by atoms with E-state index in [4.69, 9.17) is 0 Å². The van der Waals surface area contributed by atoms with Crippen LogP contribution in [0.2, 0.25) is 0 Å². The first-order valence-corrected chi connectivity index (χ1v) is 9.15. The van der Waals surface area contributed by atoms with Crippen LogP contribution in [0.15, 0.2) is 18.2 Å². The lowest BCUT2D eigenvalue weighted by atomic mass is 9.87. The molecule has 1 aliphatic rings. The van der Waals surface area contributed by atoms with Gasteiger partial charge in [0.05, 0.1) is 11.3 Å². The molecule has 0 saturated heterocycles. The average molecular weight is 438 g/mol. The van der Waals surface area contributed by atoms with Crippen LogP contribution in [0.25, 0.3) is 0 Å². The zero-order valence-corrected chi connectivity index (χ0v) is 15.4. The van der Waals surface area contributed by atoms with Crippen molar-refractivity contribution in [1.82, 2.24) is 9.78 Å². The molecule has 2 heterocycles. The Kier molecular flexibility index (Phi) is 5.83. The number of benzene rings is 1. The molecule has 30 heavy (non-hydrogen) atoms. The second-order valence-corrected chi connectivity index (χ2v) is 7.21. The Labute approximate surface area is 166 Å². The minimum Gasteiger partial charge on any atom is -0.478 e. The number of aryl methyl sites for hydroxylation is 2. The largest absolute Gasteiger partial charge is 0.478 e. The summed E-state index contributed by atoms with van der Waals surface area (Å²) in [6.07, 6.45) is -8.14. The number of carboxylic acids is 1. The molecule has 2 aromatic rings. The van der Waals surface area contributed by atoms with E-state index in [1.165, 1.54) is 0 Å².